The van der Waals surface area contributed by atoms with Gasteiger partial charge in [-0.15, -0.1) is 11.3 Å². The third-order valence-corrected chi connectivity index (χ3v) is 7.65. The molecule has 2 aromatic heterocycles. The van der Waals surface area contributed by atoms with Crippen molar-refractivity contribution in [1.82, 2.24) is 9.97 Å². The van der Waals surface area contributed by atoms with Gasteiger partial charge in [0, 0.05) is 10.4 Å². The van der Waals surface area contributed by atoms with Crippen molar-refractivity contribution >= 4 is 33.1 Å². The fourth-order valence-electron chi connectivity index (χ4n) is 4.08. The maximum Gasteiger partial charge on any atom is 0.158 e. The van der Waals surface area contributed by atoms with Crippen molar-refractivity contribution in [2.24, 2.45) is 16.4 Å². The van der Waals surface area contributed by atoms with Crippen molar-refractivity contribution in [2.45, 2.75) is 53.4 Å². The van der Waals surface area contributed by atoms with E-state index in [2.05, 4.69) is 41.3 Å². The minimum absolute atomic E-state index is 0.234. The zero-order chi connectivity index (χ0) is 20.6. The first-order chi connectivity index (χ1) is 13.9. The van der Waals surface area contributed by atoms with Gasteiger partial charge < -0.3 is 5.11 Å². The van der Waals surface area contributed by atoms with Crippen LogP contribution in [0, 0.1) is 11.3 Å². The van der Waals surface area contributed by atoms with Gasteiger partial charge in [0.2, 0.25) is 0 Å². The van der Waals surface area contributed by atoms with Crippen LogP contribution in [0.15, 0.2) is 35.7 Å². The molecule has 1 aromatic carbocycles. The van der Waals surface area contributed by atoms with E-state index in [4.69, 9.17) is 0 Å². The van der Waals surface area contributed by atoms with Gasteiger partial charge in [-0.2, -0.15) is 5.10 Å². The van der Waals surface area contributed by atoms with Gasteiger partial charge in [-0.1, -0.05) is 39.3 Å². The molecule has 1 aliphatic carbocycles. The molecule has 0 unspecified atom stereocenters. The quantitative estimate of drug-likeness (QED) is 0.415. The second-order valence-corrected chi connectivity index (χ2v) is 9.63. The van der Waals surface area contributed by atoms with E-state index in [0.29, 0.717) is 11.3 Å². The summed E-state index contributed by atoms with van der Waals surface area (Å²) in [6.07, 6.45) is 6.23. The van der Waals surface area contributed by atoms with Crippen LogP contribution in [0.5, 0.6) is 5.75 Å². The van der Waals surface area contributed by atoms with Gasteiger partial charge in [-0.25, -0.2) is 9.97 Å². The lowest BCUT2D eigenvalue weighted by Gasteiger charge is -2.36. The van der Waals surface area contributed by atoms with Crippen LogP contribution in [0.4, 0.5) is 5.82 Å². The van der Waals surface area contributed by atoms with Crippen LogP contribution in [0.2, 0.25) is 0 Å². The van der Waals surface area contributed by atoms with E-state index in [0.717, 1.165) is 40.2 Å². The molecule has 3 aromatic rings. The Balaban J connectivity index is 1.68. The average Bonchev–Trinajstić information content (AvgIpc) is 3.10. The number of fused-ring (bicyclic) bond motifs is 3. The summed E-state index contributed by atoms with van der Waals surface area (Å²) >= 11 is 1.79. The lowest BCUT2D eigenvalue weighted by atomic mass is 9.69. The van der Waals surface area contributed by atoms with Crippen LogP contribution in [-0.4, -0.2) is 20.8 Å². The number of rotatable bonds is 5. The molecule has 6 heteroatoms. The molecule has 0 saturated carbocycles. The smallest absolute Gasteiger partial charge is 0.158 e. The topological polar surface area (TPSA) is 70.4 Å². The Morgan fingerprint density at radius 1 is 1.34 bits per heavy atom. The summed E-state index contributed by atoms with van der Waals surface area (Å²) in [5.74, 6) is 1.67. The molecule has 0 amide bonds. The average molecular weight is 409 g/mol. The van der Waals surface area contributed by atoms with E-state index in [1.54, 1.807) is 29.8 Å². The van der Waals surface area contributed by atoms with E-state index >= 15 is 0 Å². The fraction of sp³-hybridized carbons (Fsp3) is 0.435. The Labute approximate surface area is 175 Å². The van der Waals surface area contributed by atoms with Crippen molar-refractivity contribution in [2.75, 3.05) is 5.43 Å². The Bertz CT molecular complexity index is 1070. The van der Waals surface area contributed by atoms with E-state index in [1.165, 1.54) is 23.3 Å². The van der Waals surface area contributed by atoms with Crippen LogP contribution in [0.3, 0.4) is 0 Å². The third kappa shape index (κ3) is 3.86. The highest BCUT2D eigenvalue weighted by Crippen LogP contribution is 2.45. The van der Waals surface area contributed by atoms with E-state index < -0.39 is 0 Å². The number of aromatic hydroxyl groups is 1. The molecule has 29 heavy (non-hydrogen) atoms. The lowest BCUT2D eigenvalue weighted by molar-refractivity contribution is 0.184. The van der Waals surface area contributed by atoms with E-state index in [-0.39, 0.29) is 5.75 Å². The van der Waals surface area contributed by atoms with Crippen LogP contribution >= 0.6 is 11.3 Å². The Morgan fingerprint density at radius 2 is 2.17 bits per heavy atom. The molecule has 5 nitrogen and oxygen atoms in total. The largest absolute Gasteiger partial charge is 0.508 e. The van der Waals surface area contributed by atoms with Gasteiger partial charge in [-0.3, -0.25) is 5.43 Å². The summed E-state index contributed by atoms with van der Waals surface area (Å²) < 4.78 is 0. The standard InChI is InChI=1S/C23H28N4OS/c1-5-23(3,4)16-9-10-19-18(12-16)20-21(24-13-25-22(20)29-19)27-26-14(2)15-7-6-8-17(28)11-15/h6-8,11,13,16,28H,5,9-10,12H2,1-4H3,(H,24,25,27)/b26-14-/t16-/m1/s1. The number of nitrogens with zero attached hydrogens (tertiary/aromatic N) is 3. The monoisotopic (exact) mass is 408 g/mol. The molecule has 2 heterocycles. The number of benzene rings is 1. The minimum atomic E-state index is 0.234. The molecule has 0 saturated heterocycles. The highest BCUT2D eigenvalue weighted by molar-refractivity contribution is 7.19. The number of hydrogen-bond donors (Lipinski definition) is 2. The second-order valence-electron chi connectivity index (χ2n) is 8.55. The minimum Gasteiger partial charge on any atom is -0.508 e. The molecule has 0 fully saturated rings. The van der Waals surface area contributed by atoms with E-state index in [9.17, 15) is 5.11 Å². The second kappa shape index (κ2) is 7.75. The number of hydrazone groups is 1. The van der Waals surface area contributed by atoms with Gasteiger partial charge in [0.1, 0.15) is 16.9 Å². The molecule has 4 rings (SSSR count). The van der Waals surface area contributed by atoms with E-state index in [1.807, 2.05) is 19.1 Å². The number of anilines is 1. The number of nitrogens with one attached hydrogen (secondary N) is 1. The molecule has 2 N–H and O–H groups in total. The molecule has 1 aliphatic rings. The first-order valence-electron chi connectivity index (χ1n) is 10.2. The molecule has 1 atom stereocenters. The first kappa shape index (κ1) is 19.8. The Morgan fingerprint density at radius 3 is 2.93 bits per heavy atom. The molecule has 0 radical (unpaired) electrons. The highest BCUT2D eigenvalue weighted by Gasteiger charge is 2.33. The summed E-state index contributed by atoms with van der Waals surface area (Å²) in [5.41, 5.74) is 6.57. The Hall–Kier alpha value is -2.47. The Kier molecular flexibility index (Phi) is 5.30. The number of thiophene rings is 1. The normalized spacial score (nSPS) is 17.4. The van der Waals surface area contributed by atoms with Gasteiger partial charge >= 0.3 is 0 Å². The first-order valence-corrected chi connectivity index (χ1v) is 11.1. The summed E-state index contributed by atoms with van der Waals surface area (Å²) in [6.45, 7) is 8.98. The summed E-state index contributed by atoms with van der Waals surface area (Å²) in [7, 11) is 0. The number of aryl methyl sites for hydroxylation is 1. The van der Waals surface area contributed by atoms with Gasteiger partial charge in [-0.05, 0) is 55.2 Å². The molecule has 0 aliphatic heterocycles. The fourth-order valence-corrected chi connectivity index (χ4v) is 5.26. The van der Waals surface area contributed by atoms with Crippen LogP contribution < -0.4 is 5.43 Å². The van der Waals surface area contributed by atoms with Crippen LogP contribution in [-0.2, 0) is 12.8 Å². The SMILES string of the molecule is CCC(C)(C)[C@@H]1CCc2sc3ncnc(N/N=C(/C)c4cccc(O)c4)c3c2C1. The predicted octanol–water partition coefficient (Wildman–Crippen LogP) is 5.77. The summed E-state index contributed by atoms with van der Waals surface area (Å²) in [5, 5.41) is 15.4. The highest BCUT2D eigenvalue weighted by atomic mass is 32.1. The number of hydrogen-bond acceptors (Lipinski definition) is 6. The molecular weight excluding hydrogens is 380 g/mol. The van der Waals surface area contributed by atoms with Gasteiger partial charge in [0.25, 0.3) is 0 Å². The number of aromatic nitrogens is 2. The number of phenols is 1. The van der Waals surface area contributed by atoms with Crippen molar-refractivity contribution in [3.63, 3.8) is 0 Å². The molecular formula is C23H28N4OS. The van der Waals surface area contributed by atoms with Crippen molar-refractivity contribution in [1.29, 1.82) is 0 Å². The van der Waals surface area contributed by atoms with Crippen molar-refractivity contribution in [3.8, 4) is 5.75 Å². The molecule has 152 valence electrons. The lowest BCUT2D eigenvalue weighted by Crippen LogP contribution is -2.28. The zero-order valence-electron chi connectivity index (χ0n) is 17.5. The molecule has 0 bridgehead atoms. The van der Waals surface area contributed by atoms with Gasteiger partial charge in [0.15, 0.2) is 5.82 Å². The van der Waals surface area contributed by atoms with Gasteiger partial charge in [0.05, 0.1) is 11.1 Å². The summed E-state index contributed by atoms with van der Waals surface area (Å²) in [4.78, 5) is 11.5. The maximum atomic E-state index is 9.71. The number of phenolic OH excluding ortho intramolecular Hbond substituents is 1. The predicted molar refractivity (Wildman–Crippen MR) is 121 cm³/mol. The summed E-state index contributed by atoms with van der Waals surface area (Å²) in [6, 6.07) is 7.11. The van der Waals surface area contributed by atoms with Crippen molar-refractivity contribution in [3.05, 3.63) is 46.6 Å². The molecule has 0 spiro atoms. The third-order valence-electron chi connectivity index (χ3n) is 6.45. The zero-order valence-corrected chi connectivity index (χ0v) is 18.3. The van der Waals surface area contributed by atoms with Crippen LogP contribution in [0.25, 0.3) is 10.2 Å². The van der Waals surface area contributed by atoms with Crippen LogP contribution in [0.1, 0.15) is 56.5 Å². The maximum absolute atomic E-state index is 9.71. The van der Waals surface area contributed by atoms with Crippen molar-refractivity contribution < 1.29 is 5.11 Å².